The summed E-state index contributed by atoms with van der Waals surface area (Å²) < 4.78 is 0. The van der Waals surface area contributed by atoms with E-state index in [0.717, 1.165) is 24.1 Å². The van der Waals surface area contributed by atoms with Crippen molar-refractivity contribution in [1.29, 1.82) is 0 Å². The summed E-state index contributed by atoms with van der Waals surface area (Å²) >= 11 is 0. The normalized spacial score (nSPS) is 21.8. The maximum absolute atomic E-state index is 12.5. The summed E-state index contributed by atoms with van der Waals surface area (Å²) in [6.07, 6.45) is 8.94. The zero-order valence-corrected chi connectivity index (χ0v) is 16.4. The monoisotopic (exact) mass is 393 g/mol. The van der Waals surface area contributed by atoms with E-state index in [0.29, 0.717) is 36.3 Å². The number of rotatable bonds is 6. The van der Waals surface area contributed by atoms with Gasteiger partial charge in [-0.3, -0.25) is 9.59 Å². The van der Waals surface area contributed by atoms with Gasteiger partial charge < -0.3 is 21.7 Å². The summed E-state index contributed by atoms with van der Waals surface area (Å²) in [6, 6.07) is 10.1. The molecule has 2 aliphatic carbocycles. The molecule has 0 spiro atoms. The minimum atomic E-state index is -0.581. The second-order valence-electron chi connectivity index (χ2n) is 7.85. The van der Waals surface area contributed by atoms with E-state index in [1.807, 2.05) is 36.5 Å². The summed E-state index contributed by atoms with van der Waals surface area (Å²) in [5, 5.41) is 9.18. The van der Waals surface area contributed by atoms with Gasteiger partial charge in [-0.1, -0.05) is 30.3 Å². The van der Waals surface area contributed by atoms with E-state index in [1.165, 1.54) is 19.0 Å². The standard InChI is InChI=1S/C19H20N4O2.C3H7N/c24-17(19(25)20-9-8-12-4-2-1-3-5-12)14-10-21-18-16(14)23-15(11-22-18)13-6-7-13;4-3-1-2-3/h1-5,10-11,13,16,23H,6-9H2,(H,20,25)(H,21,22);3H,1-2,4H2. The quantitative estimate of drug-likeness (QED) is 0.542. The van der Waals surface area contributed by atoms with Crippen LogP contribution in [0.2, 0.25) is 0 Å². The Balaban J connectivity index is 0.000000458. The molecule has 5 N–H and O–H groups in total. The van der Waals surface area contributed by atoms with Crippen LogP contribution >= 0.6 is 0 Å². The fraction of sp³-hybridized carbons (Fsp3) is 0.409. The first-order chi connectivity index (χ1) is 14.1. The van der Waals surface area contributed by atoms with Crippen molar-refractivity contribution in [2.24, 2.45) is 16.6 Å². The summed E-state index contributed by atoms with van der Waals surface area (Å²) in [5.41, 5.74) is 7.83. The number of hydrogen-bond acceptors (Lipinski definition) is 6. The molecule has 0 saturated heterocycles. The maximum atomic E-state index is 12.5. The van der Waals surface area contributed by atoms with Gasteiger partial charge in [0.2, 0.25) is 5.78 Å². The molecule has 152 valence electrons. The van der Waals surface area contributed by atoms with Crippen molar-refractivity contribution < 1.29 is 9.59 Å². The van der Waals surface area contributed by atoms with E-state index in [4.69, 9.17) is 5.73 Å². The number of amidine groups is 1. The van der Waals surface area contributed by atoms with Crippen LogP contribution in [0.25, 0.3) is 0 Å². The van der Waals surface area contributed by atoms with Gasteiger partial charge in [0.05, 0.1) is 5.57 Å². The fourth-order valence-electron chi connectivity index (χ4n) is 3.15. The zero-order valence-electron chi connectivity index (χ0n) is 16.4. The molecular formula is C22H27N5O2. The minimum Gasteiger partial charge on any atom is -0.373 e. The molecule has 1 aromatic rings. The van der Waals surface area contributed by atoms with E-state index in [9.17, 15) is 9.59 Å². The molecular weight excluding hydrogens is 366 g/mol. The summed E-state index contributed by atoms with van der Waals surface area (Å²) in [7, 11) is 0. The summed E-state index contributed by atoms with van der Waals surface area (Å²) in [5.74, 6) is 0.0988. The molecule has 2 saturated carbocycles. The first-order valence-corrected chi connectivity index (χ1v) is 10.2. The zero-order chi connectivity index (χ0) is 20.2. The van der Waals surface area contributed by atoms with Crippen LogP contribution in [-0.2, 0) is 16.0 Å². The number of allylic oxidation sites excluding steroid dienone is 1. The average molecular weight is 393 g/mol. The molecule has 1 atom stereocenters. The number of Topliss-reactive ketones (excluding diaryl/α,β-unsaturated/α-hetero) is 1. The lowest BCUT2D eigenvalue weighted by Crippen LogP contribution is -2.49. The number of carbonyl (C=O) groups is 2. The molecule has 2 aliphatic heterocycles. The van der Waals surface area contributed by atoms with Crippen molar-refractivity contribution in [3.8, 4) is 0 Å². The Morgan fingerprint density at radius 3 is 2.52 bits per heavy atom. The Kier molecular flexibility index (Phi) is 5.76. The van der Waals surface area contributed by atoms with Gasteiger partial charge in [-0.2, -0.15) is 0 Å². The second-order valence-corrected chi connectivity index (χ2v) is 7.85. The highest BCUT2D eigenvalue weighted by Gasteiger charge is 2.38. The van der Waals surface area contributed by atoms with Gasteiger partial charge in [0, 0.05) is 36.6 Å². The Morgan fingerprint density at radius 2 is 1.86 bits per heavy atom. The smallest absolute Gasteiger partial charge is 0.292 e. The number of nitrogens with two attached hydrogens (primary N) is 1. The lowest BCUT2D eigenvalue weighted by Gasteiger charge is -2.26. The van der Waals surface area contributed by atoms with Crippen LogP contribution in [0, 0.1) is 5.92 Å². The topological polar surface area (TPSA) is 109 Å². The van der Waals surface area contributed by atoms with Crippen LogP contribution in [0.3, 0.4) is 0 Å². The number of nitrogens with zero attached hydrogens (tertiary/aromatic N) is 1. The van der Waals surface area contributed by atoms with Crippen molar-refractivity contribution >= 4 is 17.5 Å². The lowest BCUT2D eigenvalue weighted by molar-refractivity contribution is -0.135. The maximum Gasteiger partial charge on any atom is 0.292 e. The van der Waals surface area contributed by atoms with E-state index in [2.05, 4.69) is 20.9 Å². The molecule has 7 heteroatoms. The van der Waals surface area contributed by atoms with Crippen LogP contribution < -0.4 is 21.7 Å². The molecule has 2 fully saturated rings. The van der Waals surface area contributed by atoms with Gasteiger partial charge in [-0.05, 0) is 37.7 Å². The molecule has 29 heavy (non-hydrogen) atoms. The number of fused-ring (bicyclic) bond motifs is 1. The first-order valence-electron chi connectivity index (χ1n) is 10.2. The SMILES string of the molecule is NC1CC1.O=C(NCCc1ccccc1)C(=O)C1=CN=C2NC=C(C3CC3)NC12. The highest BCUT2D eigenvalue weighted by atomic mass is 16.2. The van der Waals surface area contributed by atoms with E-state index < -0.39 is 11.7 Å². The molecule has 1 unspecified atom stereocenters. The van der Waals surface area contributed by atoms with Crippen LogP contribution in [-0.4, -0.2) is 36.2 Å². The lowest BCUT2D eigenvalue weighted by atomic mass is 10.0. The number of ketones is 1. The second kappa shape index (κ2) is 8.61. The van der Waals surface area contributed by atoms with Crippen molar-refractivity contribution in [2.75, 3.05) is 6.54 Å². The van der Waals surface area contributed by atoms with Crippen LogP contribution in [0.5, 0.6) is 0 Å². The fourth-order valence-corrected chi connectivity index (χ4v) is 3.15. The summed E-state index contributed by atoms with van der Waals surface area (Å²) in [4.78, 5) is 28.9. The largest absolute Gasteiger partial charge is 0.373 e. The predicted octanol–water partition coefficient (Wildman–Crippen LogP) is 1.13. The van der Waals surface area contributed by atoms with Crippen molar-refractivity contribution in [2.45, 2.75) is 44.2 Å². The van der Waals surface area contributed by atoms with Gasteiger partial charge in [0.25, 0.3) is 5.91 Å². The van der Waals surface area contributed by atoms with Gasteiger partial charge in [-0.15, -0.1) is 0 Å². The third kappa shape index (κ3) is 5.12. The number of hydrogen-bond donors (Lipinski definition) is 4. The average Bonchev–Trinajstić information content (AvgIpc) is 3.68. The van der Waals surface area contributed by atoms with Crippen molar-refractivity contribution in [3.05, 3.63) is 59.6 Å². The van der Waals surface area contributed by atoms with Gasteiger partial charge in [-0.25, -0.2) is 4.99 Å². The number of carbonyl (C=O) groups excluding carboxylic acids is 2. The third-order valence-corrected chi connectivity index (χ3v) is 5.26. The van der Waals surface area contributed by atoms with E-state index in [-0.39, 0.29) is 6.04 Å². The molecule has 0 aromatic heterocycles. The molecule has 1 aromatic carbocycles. The van der Waals surface area contributed by atoms with Gasteiger partial charge in [0.15, 0.2) is 0 Å². The molecule has 5 rings (SSSR count). The molecule has 0 bridgehead atoms. The van der Waals surface area contributed by atoms with Crippen LogP contribution in [0.4, 0.5) is 0 Å². The van der Waals surface area contributed by atoms with Gasteiger partial charge in [0.1, 0.15) is 11.9 Å². The molecule has 2 heterocycles. The van der Waals surface area contributed by atoms with Crippen molar-refractivity contribution in [3.63, 3.8) is 0 Å². The molecule has 7 nitrogen and oxygen atoms in total. The third-order valence-electron chi connectivity index (χ3n) is 5.26. The highest BCUT2D eigenvalue weighted by molar-refractivity contribution is 6.44. The molecule has 1 amide bonds. The number of aliphatic imine (C=N–C) groups is 1. The Labute approximate surface area is 170 Å². The van der Waals surface area contributed by atoms with Crippen LogP contribution in [0.15, 0.2) is 59.0 Å². The Morgan fingerprint density at radius 1 is 1.14 bits per heavy atom. The van der Waals surface area contributed by atoms with Crippen LogP contribution in [0.1, 0.15) is 31.2 Å². The Hall–Kier alpha value is -2.93. The minimum absolute atomic E-state index is 0.340. The Bertz CT molecular complexity index is 866. The summed E-state index contributed by atoms with van der Waals surface area (Å²) in [6.45, 7) is 0.430. The first kappa shape index (κ1) is 19.4. The number of nitrogens with one attached hydrogen (secondary N) is 3. The molecule has 4 aliphatic rings. The van der Waals surface area contributed by atoms with Gasteiger partial charge >= 0.3 is 0 Å². The van der Waals surface area contributed by atoms with E-state index >= 15 is 0 Å². The van der Waals surface area contributed by atoms with E-state index in [1.54, 1.807) is 0 Å². The predicted molar refractivity (Wildman–Crippen MR) is 112 cm³/mol. The number of amides is 1. The highest BCUT2D eigenvalue weighted by Crippen LogP contribution is 2.36. The molecule has 0 radical (unpaired) electrons. The van der Waals surface area contributed by atoms with Crippen molar-refractivity contribution in [1.82, 2.24) is 16.0 Å². The number of benzene rings is 1.